The zero-order valence-corrected chi connectivity index (χ0v) is 12.0. The maximum atomic E-state index is 11.7. The third-order valence-electron chi connectivity index (χ3n) is 3.60. The van der Waals surface area contributed by atoms with E-state index in [1.807, 2.05) is 0 Å². The number of aromatic nitrogens is 1. The van der Waals surface area contributed by atoms with Gasteiger partial charge in [-0.3, -0.25) is 9.59 Å². The average molecular weight is 296 g/mol. The number of carboxylic acid groups (broad SMARTS) is 1. The molecule has 7 nitrogen and oxygen atoms in total. The first-order chi connectivity index (χ1) is 10.0. The second-order valence-electron chi connectivity index (χ2n) is 5.30. The highest BCUT2D eigenvalue weighted by molar-refractivity contribution is 5.89. The van der Waals surface area contributed by atoms with Gasteiger partial charge in [-0.2, -0.15) is 0 Å². The Labute approximate surface area is 122 Å². The number of nitrogens with one attached hydrogen (secondary N) is 1. The lowest BCUT2D eigenvalue weighted by Crippen LogP contribution is -2.27. The van der Waals surface area contributed by atoms with Gasteiger partial charge in [0.05, 0.1) is 25.0 Å². The summed E-state index contributed by atoms with van der Waals surface area (Å²) in [4.78, 5) is 22.5. The Morgan fingerprint density at radius 2 is 2.14 bits per heavy atom. The first kappa shape index (κ1) is 15.5. The summed E-state index contributed by atoms with van der Waals surface area (Å²) in [7, 11) is 0. The molecule has 1 saturated carbocycles. The van der Waals surface area contributed by atoms with Crippen molar-refractivity contribution in [2.24, 2.45) is 5.92 Å². The number of aryl methyl sites for hydroxylation is 1. The van der Waals surface area contributed by atoms with Crippen molar-refractivity contribution in [2.45, 2.75) is 45.1 Å². The number of nitrogens with zero attached hydrogens (tertiary/aromatic N) is 1. The van der Waals surface area contributed by atoms with Crippen molar-refractivity contribution in [2.75, 3.05) is 11.9 Å². The Morgan fingerprint density at radius 1 is 1.43 bits per heavy atom. The maximum absolute atomic E-state index is 11.7. The number of ether oxygens (including phenoxy) is 1. The summed E-state index contributed by atoms with van der Waals surface area (Å²) in [5.41, 5.74) is 0. The smallest absolute Gasteiger partial charge is 0.306 e. The molecule has 0 aromatic carbocycles. The zero-order valence-electron chi connectivity index (χ0n) is 12.0. The molecule has 1 aromatic rings. The molecular weight excluding hydrogens is 276 g/mol. The van der Waals surface area contributed by atoms with E-state index < -0.39 is 5.97 Å². The molecule has 0 spiro atoms. The highest BCUT2D eigenvalue weighted by Gasteiger charge is 2.26. The van der Waals surface area contributed by atoms with E-state index in [2.05, 4.69) is 10.5 Å². The molecule has 1 aliphatic rings. The van der Waals surface area contributed by atoms with Gasteiger partial charge < -0.3 is 19.7 Å². The van der Waals surface area contributed by atoms with Crippen LogP contribution < -0.4 is 5.32 Å². The highest BCUT2D eigenvalue weighted by atomic mass is 16.5. The van der Waals surface area contributed by atoms with Gasteiger partial charge in [-0.05, 0) is 32.6 Å². The third kappa shape index (κ3) is 4.86. The molecule has 21 heavy (non-hydrogen) atoms. The molecule has 0 radical (unpaired) electrons. The predicted molar refractivity (Wildman–Crippen MR) is 73.8 cm³/mol. The number of hydrogen-bond donors (Lipinski definition) is 2. The number of carbonyl (C=O) groups is 2. The summed E-state index contributed by atoms with van der Waals surface area (Å²) in [5, 5.41) is 15.2. The summed E-state index contributed by atoms with van der Waals surface area (Å²) in [6, 6.07) is 1.64. The van der Waals surface area contributed by atoms with Crippen LogP contribution in [0, 0.1) is 12.8 Å². The fourth-order valence-corrected chi connectivity index (χ4v) is 2.43. The van der Waals surface area contributed by atoms with Gasteiger partial charge in [-0.15, -0.1) is 0 Å². The van der Waals surface area contributed by atoms with Crippen LogP contribution in [0.15, 0.2) is 10.6 Å². The van der Waals surface area contributed by atoms with E-state index in [-0.39, 0.29) is 24.3 Å². The van der Waals surface area contributed by atoms with Crippen molar-refractivity contribution in [3.05, 3.63) is 11.8 Å². The van der Waals surface area contributed by atoms with E-state index in [0.29, 0.717) is 31.0 Å². The molecule has 0 saturated heterocycles. The van der Waals surface area contributed by atoms with E-state index in [1.165, 1.54) is 0 Å². The Balaban J connectivity index is 1.61. The van der Waals surface area contributed by atoms with E-state index in [4.69, 9.17) is 14.4 Å². The van der Waals surface area contributed by atoms with E-state index in [1.54, 1.807) is 13.0 Å². The van der Waals surface area contributed by atoms with Crippen molar-refractivity contribution >= 4 is 17.7 Å². The number of amides is 1. The van der Waals surface area contributed by atoms with Gasteiger partial charge >= 0.3 is 5.97 Å². The maximum Gasteiger partial charge on any atom is 0.306 e. The van der Waals surface area contributed by atoms with Gasteiger partial charge in [0.25, 0.3) is 0 Å². The fourth-order valence-electron chi connectivity index (χ4n) is 2.43. The van der Waals surface area contributed by atoms with E-state index >= 15 is 0 Å². The van der Waals surface area contributed by atoms with E-state index in [0.717, 1.165) is 12.8 Å². The van der Waals surface area contributed by atoms with Gasteiger partial charge in [0.1, 0.15) is 5.76 Å². The SMILES string of the molecule is Cc1cc(NC(=O)CCOC2CCC(C(=O)O)CC2)no1. The van der Waals surface area contributed by atoms with Crippen molar-refractivity contribution in [1.29, 1.82) is 0 Å². The monoisotopic (exact) mass is 296 g/mol. The second kappa shape index (κ2) is 7.21. The van der Waals surface area contributed by atoms with Crippen LogP contribution in [0.25, 0.3) is 0 Å². The topological polar surface area (TPSA) is 102 Å². The van der Waals surface area contributed by atoms with Crippen LogP contribution in [0.1, 0.15) is 37.9 Å². The molecule has 2 N–H and O–H groups in total. The molecule has 0 aliphatic heterocycles. The molecule has 0 unspecified atom stereocenters. The fraction of sp³-hybridized carbons (Fsp3) is 0.643. The number of rotatable bonds is 6. The molecule has 1 aliphatic carbocycles. The summed E-state index contributed by atoms with van der Waals surface area (Å²) < 4.78 is 10.5. The van der Waals surface area contributed by atoms with Crippen LogP contribution in [0.5, 0.6) is 0 Å². The van der Waals surface area contributed by atoms with Gasteiger partial charge in [-0.1, -0.05) is 5.16 Å². The molecule has 0 atom stereocenters. The molecule has 1 amide bonds. The highest BCUT2D eigenvalue weighted by Crippen LogP contribution is 2.26. The molecule has 1 aromatic heterocycles. The van der Waals surface area contributed by atoms with E-state index in [9.17, 15) is 9.59 Å². The number of carboxylic acids is 1. The minimum absolute atomic E-state index is 0.0581. The minimum atomic E-state index is -0.726. The van der Waals surface area contributed by atoms with Crippen molar-refractivity contribution in [3.8, 4) is 0 Å². The van der Waals surface area contributed by atoms with Crippen molar-refractivity contribution < 1.29 is 24.0 Å². The van der Waals surface area contributed by atoms with Crippen LogP contribution in [-0.4, -0.2) is 34.9 Å². The Bertz CT molecular complexity index is 491. The molecular formula is C14H20N2O5. The summed E-state index contributed by atoms with van der Waals surface area (Å²) in [6.45, 7) is 2.07. The molecule has 1 heterocycles. The first-order valence-corrected chi connectivity index (χ1v) is 7.12. The zero-order chi connectivity index (χ0) is 15.2. The lowest BCUT2D eigenvalue weighted by atomic mass is 9.87. The number of aliphatic carboxylic acids is 1. The standard InChI is InChI=1S/C14H20N2O5/c1-9-8-12(16-21-9)15-13(17)6-7-20-11-4-2-10(3-5-11)14(18)19/h8,10-11H,2-7H2,1H3,(H,18,19)(H,15,16,17). The molecule has 2 rings (SSSR count). The van der Waals surface area contributed by atoms with Crippen LogP contribution in [0.2, 0.25) is 0 Å². The van der Waals surface area contributed by atoms with Crippen LogP contribution in [0.4, 0.5) is 5.82 Å². The lowest BCUT2D eigenvalue weighted by Gasteiger charge is -2.26. The Morgan fingerprint density at radius 3 is 2.71 bits per heavy atom. The number of anilines is 1. The van der Waals surface area contributed by atoms with Gasteiger partial charge in [-0.25, -0.2) is 0 Å². The van der Waals surface area contributed by atoms with Crippen molar-refractivity contribution in [3.63, 3.8) is 0 Å². The quantitative estimate of drug-likeness (QED) is 0.832. The summed E-state index contributed by atoms with van der Waals surface area (Å²) >= 11 is 0. The third-order valence-corrected chi connectivity index (χ3v) is 3.60. The van der Waals surface area contributed by atoms with Crippen LogP contribution in [0.3, 0.4) is 0 Å². The van der Waals surface area contributed by atoms with Crippen LogP contribution >= 0.6 is 0 Å². The molecule has 7 heteroatoms. The first-order valence-electron chi connectivity index (χ1n) is 7.12. The Hall–Kier alpha value is -1.89. The summed E-state index contributed by atoms with van der Waals surface area (Å²) in [6.07, 6.45) is 3.06. The lowest BCUT2D eigenvalue weighted by molar-refractivity contribution is -0.143. The number of carbonyl (C=O) groups excluding carboxylic acids is 1. The average Bonchev–Trinajstić information content (AvgIpc) is 2.84. The largest absolute Gasteiger partial charge is 0.481 e. The van der Waals surface area contributed by atoms with Gasteiger partial charge in [0.2, 0.25) is 5.91 Å². The second-order valence-corrected chi connectivity index (χ2v) is 5.30. The molecule has 116 valence electrons. The van der Waals surface area contributed by atoms with Gasteiger partial charge in [0.15, 0.2) is 5.82 Å². The Kier molecular flexibility index (Phi) is 5.32. The molecule has 1 fully saturated rings. The minimum Gasteiger partial charge on any atom is -0.481 e. The van der Waals surface area contributed by atoms with Gasteiger partial charge in [0, 0.05) is 6.07 Å². The van der Waals surface area contributed by atoms with Crippen LogP contribution in [-0.2, 0) is 14.3 Å². The van der Waals surface area contributed by atoms with Crippen molar-refractivity contribution in [1.82, 2.24) is 5.16 Å². The predicted octanol–water partition coefficient (Wildman–Crippen LogP) is 1.97. The summed E-state index contributed by atoms with van der Waals surface area (Å²) in [5.74, 6) is -0.113. The number of hydrogen-bond acceptors (Lipinski definition) is 5. The normalized spacial score (nSPS) is 22.0. The molecule has 0 bridgehead atoms.